The number of hydrogen-bond donors (Lipinski definition) is 1. The highest BCUT2D eigenvalue weighted by atomic mass is 15.2. The van der Waals surface area contributed by atoms with Crippen molar-refractivity contribution in [3.8, 4) is 0 Å². The van der Waals surface area contributed by atoms with Crippen molar-refractivity contribution in [2.45, 2.75) is 59.0 Å². The Morgan fingerprint density at radius 2 is 1.70 bits per heavy atom. The first-order valence-electron chi connectivity index (χ1n) is 8.45. The van der Waals surface area contributed by atoms with Gasteiger partial charge >= 0.3 is 0 Å². The average Bonchev–Trinajstić information content (AvgIpc) is 2.34. The van der Waals surface area contributed by atoms with E-state index in [1.54, 1.807) is 0 Å². The Labute approximate surface area is 126 Å². The summed E-state index contributed by atoms with van der Waals surface area (Å²) in [5.74, 6) is 2.36. The Kier molecular flexibility index (Phi) is 7.49. The fraction of sp³-hybridized carbons (Fsp3) is 1.00. The molecule has 0 amide bonds. The summed E-state index contributed by atoms with van der Waals surface area (Å²) in [4.78, 5) is 4.95. The second-order valence-corrected chi connectivity index (χ2v) is 7.74. The van der Waals surface area contributed by atoms with Crippen LogP contribution in [0.25, 0.3) is 0 Å². The molecular weight excluding hydrogens is 246 g/mol. The highest BCUT2D eigenvalue weighted by Crippen LogP contribution is 2.32. The molecule has 0 aromatic rings. The van der Waals surface area contributed by atoms with Crippen molar-refractivity contribution in [3.05, 3.63) is 0 Å². The predicted octanol–water partition coefficient (Wildman–Crippen LogP) is 2.66. The molecule has 0 heterocycles. The van der Waals surface area contributed by atoms with E-state index < -0.39 is 0 Å². The van der Waals surface area contributed by atoms with Crippen molar-refractivity contribution in [1.82, 2.24) is 9.80 Å². The Hall–Kier alpha value is -0.120. The van der Waals surface area contributed by atoms with Gasteiger partial charge in [0, 0.05) is 31.7 Å². The van der Waals surface area contributed by atoms with Gasteiger partial charge in [-0.3, -0.25) is 4.90 Å². The lowest BCUT2D eigenvalue weighted by atomic mass is 9.76. The number of hydrogen-bond acceptors (Lipinski definition) is 3. The normalized spacial score (nSPS) is 28.1. The van der Waals surface area contributed by atoms with E-state index in [1.165, 1.54) is 25.8 Å². The van der Waals surface area contributed by atoms with Gasteiger partial charge in [-0.25, -0.2) is 0 Å². The van der Waals surface area contributed by atoms with Crippen LogP contribution >= 0.6 is 0 Å². The van der Waals surface area contributed by atoms with Crippen LogP contribution in [0, 0.1) is 17.8 Å². The van der Waals surface area contributed by atoms with Gasteiger partial charge in [0.15, 0.2) is 0 Å². The summed E-state index contributed by atoms with van der Waals surface area (Å²) in [7, 11) is 4.32. The number of rotatable bonds is 7. The quantitative estimate of drug-likeness (QED) is 0.779. The Bertz CT molecular complexity index is 263. The summed E-state index contributed by atoms with van der Waals surface area (Å²) in [6, 6.07) is 0.949. The lowest BCUT2D eigenvalue weighted by molar-refractivity contribution is 0.0809. The van der Waals surface area contributed by atoms with E-state index in [4.69, 9.17) is 5.73 Å². The Morgan fingerprint density at radius 3 is 2.20 bits per heavy atom. The second kappa shape index (κ2) is 8.35. The molecule has 3 heteroatoms. The van der Waals surface area contributed by atoms with Crippen molar-refractivity contribution >= 4 is 0 Å². The van der Waals surface area contributed by atoms with Crippen molar-refractivity contribution in [3.63, 3.8) is 0 Å². The van der Waals surface area contributed by atoms with E-state index in [0.29, 0.717) is 18.0 Å². The standard InChI is InChI=1S/C17H37N3/c1-13(2)12-20(10-9-19(5)6)17-11-15(14(3)4)7-8-16(17)18/h13-17H,7-12,18H2,1-6H3. The second-order valence-electron chi connectivity index (χ2n) is 7.74. The van der Waals surface area contributed by atoms with Crippen LogP contribution in [0.4, 0.5) is 0 Å². The molecule has 20 heavy (non-hydrogen) atoms. The van der Waals surface area contributed by atoms with Gasteiger partial charge in [-0.15, -0.1) is 0 Å². The van der Waals surface area contributed by atoms with Crippen LogP contribution in [0.5, 0.6) is 0 Å². The molecule has 0 spiro atoms. The molecule has 0 aromatic carbocycles. The zero-order valence-electron chi connectivity index (χ0n) is 14.6. The lowest BCUT2D eigenvalue weighted by Gasteiger charge is -2.43. The highest BCUT2D eigenvalue weighted by Gasteiger charge is 2.33. The molecular formula is C17H37N3. The van der Waals surface area contributed by atoms with Crippen LogP contribution in [-0.2, 0) is 0 Å². The van der Waals surface area contributed by atoms with Gasteiger partial charge in [0.25, 0.3) is 0 Å². The smallest absolute Gasteiger partial charge is 0.0250 e. The molecule has 1 rings (SSSR count). The Balaban J connectivity index is 2.69. The van der Waals surface area contributed by atoms with E-state index >= 15 is 0 Å². The first-order chi connectivity index (χ1) is 9.31. The monoisotopic (exact) mass is 283 g/mol. The average molecular weight is 284 g/mol. The maximum Gasteiger partial charge on any atom is 0.0250 e. The molecule has 2 N–H and O–H groups in total. The first-order valence-corrected chi connectivity index (χ1v) is 8.45. The molecule has 1 saturated carbocycles. The van der Waals surface area contributed by atoms with Crippen LogP contribution in [-0.4, -0.2) is 55.6 Å². The maximum atomic E-state index is 6.47. The maximum absolute atomic E-state index is 6.47. The van der Waals surface area contributed by atoms with Crippen LogP contribution in [0.15, 0.2) is 0 Å². The summed E-state index contributed by atoms with van der Waals surface area (Å²) in [6.07, 6.45) is 3.81. The minimum absolute atomic E-state index is 0.367. The van der Waals surface area contributed by atoms with E-state index in [0.717, 1.165) is 24.9 Å². The molecule has 3 atom stereocenters. The van der Waals surface area contributed by atoms with Gasteiger partial charge in [-0.2, -0.15) is 0 Å². The molecule has 0 aromatic heterocycles. The zero-order valence-corrected chi connectivity index (χ0v) is 14.6. The SMILES string of the molecule is CC(C)CN(CCN(C)C)C1CC(C(C)C)CCC1N. The van der Waals surface area contributed by atoms with E-state index in [9.17, 15) is 0 Å². The van der Waals surface area contributed by atoms with Crippen molar-refractivity contribution in [2.75, 3.05) is 33.7 Å². The molecule has 1 aliphatic rings. The van der Waals surface area contributed by atoms with Gasteiger partial charge in [0.1, 0.15) is 0 Å². The molecule has 120 valence electrons. The van der Waals surface area contributed by atoms with E-state index in [-0.39, 0.29) is 0 Å². The summed E-state index contributed by atoms with van der Waals surface area (Å²) in [6.45, 7) is 12.8. The fourth-order valence-corrected chi connectivity index (χ4v) is 3.42. The Morgan fingerprint density at radius 1 is 1.05 bits per heavy atom. The van der Waals surface area contributed by atoms with Gasteiger partial charge in [-0.05, 0) is 51.1 Å². The highest BCUT2D eigenvalue weighted by molar-refractivity contribution is 4.90. The molecule has 1 aliphatic carbocycles. The molecule has 0 radical (unpaired) electrons. The minimum atomic E-state index is 0.367. The molecule has 0 saturated heterocycles. The molecule has 0 bridgehead atoms. The predicted molar refractivity (Wildman–Crippen MR) is 88.9 cm³/mol. The lowest BCUT2D eigenvalue weighted by Crippen LogP contribution is -2.54. The van der Waals surface area contributed by atoms with E-state index in [1.807, 2.05) is 0 Å². The molecule has 3 unspecified atom stereocenters. The fourth-order valence-electron chi connectivity index (χ4n) is 3.42. The van der Waals surface area contributed by atoms with Crippen LogP contribution < -0.4 is 5.73 Å². The molecule has 3 nitrogen and oxygen atoms in total. The van der Waals surface area contributed by atoms with Gasteiger partial charge in [0.05, 0.1) is 0 Å². The van der Waals surface area contributed by atoms with Gasteiger partial charge in [-0.1, -0.05) is 27.7 Å². The third-order valence-corrected chi connectivity index (χ3v) is 4.76. The summed E-state index contributed by atoms with van der Waals surface area (Å²) >= 11 is 0. The third kappa shape index (κ3) is 5.71. The number of nitrogens with two attached hydrogens (primary N) is 1. The van der Waals surface area contributed by atoms with Crippen molar-refractivity contribution in [2.24, 2.45) is 23.5 Å². The zero-order chi connectivity index (χ0) is 15.3. The van der Waals surface area contributed by atoms with Gasteiger partial charge < -0.3 is 10.6 Å². The van der Waals surface area contributed by atoms with Crippen LogP contribution in [0.2, 0.25) is 0 Å². The largest absolute Gasteiger partial charge is 0.326 e. The number of nitrogens with zero attached hydrogens (tertiary/aromatic N) is 2. The minimum Gasteiger partial charge on any atom is -0.326 e. The van der Waals surface area contributed by atoms with Crippen molar-refractivity contribution < 1.29 is 0 Å². The van der Waals surface area contributed by atoms with Gasteiger partial charge in [0.2, 0.25) is 0 Å². The molecule has 0 aliphatic heterocycles. The van der Waals surface area contributed by atoms with E-state index in [2.05, 4.69) is 51.6 Å². The van der Waals surface area contributed by atoms with Crippen LogP contribution in [0.3, 0.4) is 0 Å². The number of likely N-dealkylation sites (N-methyl/N-ethyl adjacent to an activating group) is 1. The molecule has 1 fully saturated rings. The van der Waals surface area contributed by atoms with Crippen molar-refractivity contribution in [1.29, 1.82) is 0 Å². The third-order valence-electron chi connectivity index (χ3n) is 4.76. The topological polar surface area (TPSA) is 32.5 Å². The van der Waals surface area contributed by atoms with Crippen LogP contribution in [0.1, 0.15) is 47.0 Å². The summed E-state index contributed by atoms with van der Waals surface area (Å²) in [5, 5.41) is 0. The summed E-state index contributed by atoms with van der Waals surface area (Å²) < 4.78 is 0. The summed E-state index contributed by atoms with van der Waals surface area (Å²) in [5.41, 5.74) is 6.47. The first kappa shape index (κ1) is 17.9.